The van der Waals surface area contributed by atoms with Gasteiger partial charge in [-0.3, -0.25) is 4.79 Å². The van der Waals surface area contributed by atoms with Gasteiger partial charge in [0.1, 0.15) is 11.6 Å². The molecule has 0 heterocycles. The van der Waals surface area contributed by atoms with Crippen LogP contribution in [0.5, 0.6) is 11.5 Å². The number of alkyl halides is 3. The summed E-state index contributed by atoms with van der Waals surface area (Å²) in [4.78, 5) is 23.1. The molecule has 0 aliphatic heterocycles. The number of hydrogen-bond donors (Lipinski definition) is 2. The van der Waals surface area contributed by atoms with Gasteiger partial charge in [-0.25, -0.2) is 4.79 Å². The molecule has 7 nitrogen and oxygen atoms in total. The van der Waals surface area contributed by atoms with E-state index in [1.54, 1.807) is 6.07 Å². The van der Waals surface area contributed by atoms with Crippen LogP contribution >= 0.6 is 15.9 Å². The first-order valence-corrected chi connectivity index (χ1v) is 9.17. The average Bonchev–Trinajstić information content (AvgIpc) is 2.70. The number of carbonyl (C=O) groups is 2. The smallest absolute Gasteiger partial charge is 0.416 e. The van der Waals surface area contributed by atoms with Crippen LogP contribution in [-0.2, 0) is 15.8 Å². The number of ether oxygens (including phenoxy) is 2. The van der Waals surface area contributed by atoms with Crippen molar-refractivity contribution in [2.24, 2.45) is 0 Å². The molecular weight excluding hydrogens is 485 g/mol. The molecule has 0 atom stereocenters. The molecule has 2 N–H and O–H groups in total. The fourth-order valence-corrected chi connectivity index (χ4v) is 2.96. The van der Waals surface area contributed by atoms with Crippen LogP contribution in [-0.4, -0.2) is 30.7 Å². The van der Waals surface area contributed by atoms with Crippen molar-refractivity contribution < 1.29 is 37.3 Å². The predicted octanol–water partition coefficient (Wildman–Crippen LogP) is 4.49. The summed E-state index contributed by atoms with van der Waals surface area (Å²) in [6.45, 7) is -0.618. The van der Waals surface area contributed by atoms with E-state index >= 15 is 0 Å². The van der Waals surface area contributed by atoms with Gasteiger partial charge in [-0.15, -0.1) is 0 Å². The van der Waals surface area contributed by atoms with Gasteiger partial charge in [0, 0.05) is 5.69 Å². The Hall–Kier alpha value is -3.52. The van der Waals surface area contributed by atoms with Gasteiger partial charge >= 0.3 is 12.1 Å². The molecule has 0 unspecified atom stereocenters. The van der Waals surface area contributed by atoms with Crippen LogP contribution in [0.4, 0.5) is 18.9 Å². The molecule has 1 amide bonds. The van der Waals surface area contributed by atoms with Crippen molar-refractivity contribution in [1.82, 2.24) is 0 Å². The second-order valence-electron chi connectivity index (χ2n) is 5.92. The molecule has 0 bridgehead atoms. The zero-order chi connectivity index (χ0) is 23.2. The highest BCUT2D eigenvalue weighted by Gasteiger charge is 2.30. The molecule has 2 rings (SSSR count). The van der Waals surface area contributed by atoms with Crippen LogP contribution in [0.1, 0.15) is 11.1 Å². The maximum atomic E-state index is 12.8. The third-order valence-corrected chi connectivity index (χ3v) is 4.30. The van der Waals surface area contributed by atoms with Gasteiger partial charge in [-0.1, -0.05) is 6.07 Å². The quantitative estimate of drug-likeness (QED) is 0.430. The van der Waals surface area contributed by atoms with E-state index in [0.717, 1.165) is 18.2 Å². The number of amides is 1. The van der Waals surface area contributed by atoms with Crippen LogP contribution in [0.3, 0.4) is 0 Å². The molecule has 0 aromatic heterocycles. The number of benzene rings is 2. The Morgan fingerprint density at radius 3 is 2.58 bits per heavy atom. The minimum absolute atomic E-state index is 0.106. The standard InChI is InChI=1S/C20H14BrF3N2O5/c1-30-16-7-11(6-15(21)18(16)31-10-17(27)28)5-12(9-25)19(29)26-14-4-2-3-13(8-14)20(22,23)24/h2-8H,10H2,1H3,(H,26,29)(H,27,28)/b12-5+. The molecule has 0 aliphatic rings. The summed E-state index contributed by atoms with van der Waals surface area (Å²) in [6.07, 6.45) is -3.39. The maximum Gasteiger partial charge on any atom is 0.416 e. The molecule has 11 heteroatoms. The maximum absolute atomic E-state index is 12.8. The predicted molar refractivity (Wildman–Crippen MR) is 107 cm³/mol. The van der Waals surface area contributed by atoms with Crippen molar-refractivity contribution in [2.75, 3.05) is 19.0 Å². The van der Waals surface area contributed by atoms with Crippen LogP contribution in [0.2, 0.25) is 0 Å². The van der Waals surface area contributed by atoms with Gasteiger partial charge in [-0.05, 0) is 57.9 Å². The lowest BCUT2D eigenvalue weighted by Crippen LogP contribution is -2.14. The zero-order valence-corrected chi connectivity index (χ0v) is 17.4. The number of carboxylic acid groups (broad SMARTS) is 1. The molecule has 0 radical (unpaired) electrons. The van der Waals surface area contributed by atoms with E-state index in [1.807, 2.05) is 0 Å². The largest absolute Gasteiger partial charge is 0.493 e. The van der Waals surface area contributed by atoms with E-state index < -0.39 is 30.2 Å². The van der Waals surface area contributed by atoms with E-state index in [-0.39, 0.29) is 22.8 Å². The molecular formula is C20H14BrF3N2O5. The summed E-state index contributed by atoms with van der Waals surface area (Å²) in [7, 11) is 1.31. The molecule has 2 aromatic carbocycles. The SMILES string of the molecule is COc1cc(/C=C(\C#N)C(=O)Nc2cccc(C(F)(F)F)c2)cc(Br)c1OCC(=O)O. The third kappa shape index (κ3) is 6.48. The van der Waals surface area contributed by atoms with Crippen LogP contribution in [0, 0.1) is 11.3 Å². The lowest BCUT2D eigenvalue weighted by molar-refractivity contribution is -0.139. The van der Waals surface area contributed by atoms with E-state index in [2.05, 4.69) is 21.2 Å². The Labute approximate surface area is 182 Å². The third-order valence-electron chi connectivity index (χ3n) is 3.72. The van der Waals surface area contributed by atoms with Gasteiger partial charge in [0.25, 0.3) is 5.91 Å². The lowest BCUT2D eigenvalue weighted by Gasteiger charge is -2.12. The molecule has 0 aliphatic carbocycles. The van der Waals surface area contributed by atoms with E-state index in [4.69, 9.17) is 14.6 Å². The van der Waals surface area contributed by atoms with Crippen LogP contribution < -0.4 is 14.8 Å². The van der Waals surface area contributed by atoms with E-state index in [9.17, 15) is 28.0 Å². The van der Waals surface area contributed by atoms with Gasteiger partial charge in [0.15, 0.2) is 18.1 Å². The van der Waals surface area contributed by atoms with Gasteiger partial charge in [-0.2, -0.15) is 18.4 Å². The van der Waals surface area contributed by atoms with Crippen molar-refractivity contribution in [3.63, 3.8) is 0 Å². The van der Waals surface area contributed by atoms with Gasteiger partial charge < -0.3 is 19.9 Å². The second kappa shape index (κ2) is 9.99. The Morgan fingerprint density at radius 1 is 1.29 bits per heavy atom. The van der Waals surface area contributed by atoms with Gasteiger partial charge in [0.2, 0.25) is 0 Å². The number of nitrogens with one attached hydrogen (secondary N) is 1. The molecule has 2 aromatic rings. The first kappa shape index (κ1) is 23.8. The summed E-state index contributed by atoms with van der Waals surface area (Å²) >= 11 is 3.20. The fraction of sp³-hybridized carbons (Fsp3) is 0.150. The highest BCUT2D eigenvalue weighted by Crippen LogP contribution is 2.37. The number of carbonyl (C=O) groups excluding carboxylic acids is 1. The summed E-state index contributed by atoms with van der Waals surface area (Å²) in [5.41, 5.74) is -1.14. The lowest BCUT2D eigenvalue weighted by atomic mass is 10.1. The number of rotatable bonds is 7. The van der Waals surface area contributed by atoms with Crippen LogP contribution in [0.15, 0.2) is 46.4 Å². The van der Waals surface area contributed by atoms with E-state index in [0.29, 0.717) is 10.0 Å². The fourth-order valence-electron chi connectivity index (χ4n) is 2.38. The minimum atomic E-state index is -4.58. The summed E-state index contributed by atoms with van der Waals surface area (Å²) in [5, 5.41) is 20.3. The number of methoxy groups -OCH3 is 1. The molecule has 31 heavy (non-hydrogen) atoms. The molecule has 0 spiro atoms. The Kier molecular flexibility index (Phi) is 7.66. The zero-order valence-electron chi connectivity index (χ0n) is 15.8. The number of hydrogen-bond acceptors (Lipinski definition) is 5. The van der Waals surface area contributed by atoms with Crippen molar-refractivity contribution in [1.29, 1.82) is 5.26 Å². The number of nitriles is 1. The summed E-state index contributed by atoms with van der Waals surface area (Å²) < 4.78 is 49.1. The topological polar surface area (TPSA) is 109 Å². The summed E-state index contributed by atoms with van der Waals surface area (Å²) in [6, 6.07) is 8.54. The van der Waals surface area contributed by atoms with Crippen molar-refractivity contribution >= 4 is 39.6 Å². The monoisotopic (exact) mass is 498 g/mol. The number of carboxylic acids is 1. The highest BCUT2D eigenvalue weighted by molar-refractivity contribution is 9.10. The number of nitrogens with zero attached hydrogens (tertiary/aromatic N) is 1. The van der Waals surface area contributed by atoms with E-state index in [1.165, 1.54) is 31.4 Å². The number of anilines is 1. The average molecular weight is 499 g/mol. The van der Waals surface area contributed by atoms with Crippen molar-refractivity contribution in [3.05, 3.63) is 57.6 Å². The first-order chi connectivity index (χ1) is 14.5. The van der Waals surface area contributed by atoms with Crippen molar-refractivity contribution in [3.8, 4) is 17.6 Å². The summed E-state index contributed by atoms with van der Waals surface area (Å²) in [5.74, 6) is -1.87. The Morgan fingerprint density at radius 2 is 2.00 bits per heavy atom. The molecule has 0 saturated carbocycles. The number of halogens is 4. The molecule has 0 fully saturated rings. The van der Waals surface area contributed by atoms with Crippen LogP contribution in [0.25, 0.3) is 6.08 Å². The Bertz CT molecular complexity index is 1080. The first-order valence-electron chi connectivity index (χ1n) is 8.37. The van der Waals surface area contributed by atoms with Crippen molar-refractivity contribution in [2.45, 2.75) is 6.18 Å². The molecule has 0 saturated heterocycles. The van der Waals surface area contributed by atoms with Gasteiger partial charge in [0.05, 0.1) is 17.1 Å². The molecule has 162 valence electrons. The minimum Gasteiger partial charge on any atom is -0.493 e. The normalized spacial score (nSPS) is 11.4. The highest BCUT2D eigenvalue weighted by atomic mass is 79.9. The second-order valence-corrected chi connectivity index (χ2v) is 6.77. The Balaban J connectivity index is 2.30. The number of aliphatic carboxylic acids is 1.